The molecular formula is C9H5Br2ClS. The Bertz CT molecular complexity index is 450. The first-order valence-electron chi connectivity index (χ1n) is 3.65. The first-order chi connectivity index (χ1) is 6.22. The van der Waals surface area contributed by atoms with Crippen LogP contribution in [0.4, 0.5) is 0 Å². The predicted octanol–water partition coefficient (Wildman–Crippen LogP) is 5.17. The zero-order valence-corrected chi connectivity index (χ0v) is 11.2. The topological polar surface area (TPSA) is 0 Å². The Balaban J connectivity index is 2.75. The maximum atomic E-state index is 5.76. The second-order valence-electron chi connectivity index (χ2n) is 2.65. The summed E-state index contributed by atoms with van der Waals surface area (Å²) in [7, 11) is 0. The van der Waals surface area contributed by atoms with E-state index in [4.69, 9.17) is 11.6 Å². The fourth-order valence-electron chi connectivity index (χ4n) is 1.17. The number of hydrogen-bond acceptors (Lipinski definition) is 1. The van der Waals surface area contributed by atoms with Crippen molar-refractivity contribution < 1.29 is 0 Å². The van der Waals surface area contributed by atoms with Crippen molar-refractivity contribution in [3.8, 4) is 0 Å². The van der Waals surface area contributed by atoms with E-state index in [1.807, 2.05) is 0 Å². The van der Waals surface area contributed by atoms with Crippen LogP contribution < -0.4 is 0 Å². The Labute approximate surface area is 102 Å². The zero-order chi connectivity index (χ0) is 9.42. The second-order valence-corrected chi connectivity index (χ2v) is 6.08. The van der Waals surface area contributed by atoms with Gasteiger partial charge in [-0.05, 0) is 49.6 Å². The normalized spacial score (nSPS) is 11.0. The molecule has 1 aromatic carbocycles. The molecule has 68 valence electrons. The molecule has 0 fully saturated rings. The molecule has 4 heteroatoms. The summed E-state index contributed by atoms with van der Waals surface area (Å²) in [6, 6.07) is 6.28. The molecule has 0 bridgehead atoms. The summed E-state index contributed by atoms with van der Waals surface area (Å²) in [5.41, 5.74) is 1.15. The van der Waals surface area contributed by atoms with Crippen LogP contribution in [-0.2, 0) is 5.88 Å². The Morgan fingerprint density at radius 2 is 2.08 bits per heavy atom. The fourth-order valence-corrected chi connectivity index (χ4v) is 3.57. The smallest absolute Gasteiger partial charge is 0.0853 e. The molecule has 0 N–H and O–H groups in total. The molecule has 0 amide bonds. The second kappa shape index (κ2) is 3.89. The number of thiophene rings is 1. The van der Waals surface area contributed by atoms with Gasteiger partial charge in [0, 0.05) is 16.0 Å². The van der Waals surface area contributed by atoms with E-state index in [9.17, 15) is 0 Å². The van der Waals surface area contributed by atoms with Gasteiger partial charge in [-0.3, -0.25) is 0 Å². The van der Waals surface area contributed by atoms with E-state index in [2.05, 4.69) is 50.1 Å². The van der Waals surface area contributed by atoms with Crippen LogP contribution in [0.3, 0.4) is 0 Å². The van der Waals surface area contributed by atoms with Crippen molar-refractivity contribution in [3.63, 3.8) is 0 Å². The van der Waals surface area contributed by atoms with Gasteiger partial charge in [0.05, 0.1) is 8.26 Å². The first kappa shape index (κ1) is 9.97. The summed E-state index contributed by atoms with van der Waals surface area (Å²) < 4.78 is 3.53. The van der Waals surface area contributed by atoms with Crippen molar-refractivity contribution in [2.45, 2.75) is 5.88 Å². The molecular weight excluding hydrogens is 335 g/mol. The van der Waals surface area contributed by atoms with Crippen LogP contribution in [0.5, 0.6) is 0 Å². The summed E-state index contributed by atoms with van der Waals surface area (Å²) in [6.07, 6.45) is 0. The van der Waals surface area contributed by atoms with Gasteiger partial charge in [-0.15, -0.1) is 22.9 Å². The average Bonchev–Trinajstić information content (AvgIpc) is 2.43. The van der Waals surface area contributed by atoms with Crippen LogP contribution in [0.1, 0.15) is 5.56 Å². The summed E-state index contributed by atoms with van der Waals surface area (Å²) >= 11 is 14.5. The molecule has 0 aliphatic rings. The standard InChI is InChI=1S/C9H5Br2ClS/c10-8-6-3-5(4-12)1-2-7(6)13-9(8)11/h1-3H,4H2. The van der Waals surface area contributed by atoms with Crippen LogP contribution in [0.2, 0.25) is 0 Å². The molecule has 2 rings (SSSR count). The largest absolute Gasteiger partial charge is 0.127 e. The molecule has 0 atom stereocenters. The number of halogens is 3. The Morgan fingerprint density at radius 3 is 2.77 bits per heavy atom. The minimum atomic E-state index is 0.565. The van der Waals surface area contributed by atoms with Crippen molar-refractivity contribution >= 4 is 64.9 Å². The molecule has 0 unspecified atom stereocenters. The number of hydrogen-bond donors (Lipinski definition) is 0. The number of rotatable bonds is 1. The van der Waals surface area contributed by atoms with Gasteiger partial charge in [0.25, 0.3) is 0 Å². The van der Waals surface area contributed by atoms with Gasteiger partial charge in [-0.25, -0.2) is 0 Å². The Hall–Kier alpha value is 0.430. The molecule has 2 aromatic rings. The van der Waals surface area contributed by atoms with Crippen molar-refractivity contribution in [1.29, 1.82) is 0 Å². The molecule has 1 aromatic heterocycles. The van der Waals surface area contributed by atoms with Crippen molar-refractivity contribution in [2.75, 3.05) is 0 Å². The van der Waals surface area contributed by atoms with E-state index in [0.29, 0.717) is 5.88 Å². The third kappa shape index (κ3) is 1.80. The van der Waals surface area contributed by atoms with E-state index in [1.54, 1.807) is 11.3 Å². The predicted molar refractivity (Wildman–Crippen MR) is 66.8 cm³/mol. The number of benzene rings is 1. The highest BCUT2D eigenvalue weighted by Crippen LogP contribution is 2.39. The van der Waals surface area contributed by atoms with E-state index < -0.39 is 0 Å². The lowest BCUT2D eigenvalue weighted by Gasteiger charge is -1.95. The van der Waals surface area contributed by atoms with E-state index in [-0.39, 0.29) is 0 Å². The third-order valence-electron chi connectivity index (χ3n) is 1.81. The monoisotopic (exact) mass is 338 g/mol. The SMILES string of the molecule is ClCc1ccc2sc(Br)c(Br)c2c1. The molecule has 0 spiro atoms. The zero-order valence-electron chi connectivity index (χ0n) is 6.48. The van der Waals surface area contributed by atoms with Crippen LogP contribution in [-0.4, -0.2) is 0 Å². The summed E-state index contributed by atoms with van der Waals surface area (Å²) in [6.45, 7) is 0. The molecule has 0 saturated heterocycles. The number of fused-ring (bicyclic) bond motifs is 1. The summed E-state index contributed by atoms with van der Waals surface area (Å²) in [5.74, 6) is 0.565. The van der Waals surface area contributed by atoms with Gasteiger partial charge in [-0.1, -0.05) is 6.07 Å². The maximum Gasteiger partial charge on any atom is 0.0853 e. The Kier molecular flexibility index (Phi) is 2.98. The van der Waals surface area contributed by atoms with Crippen molar-refractivity contribution in [1.82, 2.24) is 0 Å². The lowest BCUT2D eigenvalue weighted by atomic mass is 10.2. The minimum Gasteiger partial charge on any atom is -0.127 e. The number of alkyl halides is 1. The molecule has 0 aliphatic heterocycles. The van der Waals surface area contributed by atoms with Gasteiger partial charge in [-0.2, -0.15) is 0 Å². The quantitative estimate of drug-likeness (QED) is 0.629. The van der Waals surface area contributed by atoms with Gasteiger partial charge in [0.15, 0.2) is 0 Å². The molecule has 13 heavy (non-hydrogen) atoms. The average molecular weight is 340 g/mol. The first-order valence-corrected chi connectivity index (χ1v) is 6.58. The van der Waals surface area contributed by atoms with Gasteiger partial charge in [0.1, 0.15) is 0 Å². The fraction of sp³-hybridized carbons (Fsp3) is 0.111. The van der Waals surface area contributed by atoms with Gasteiger partial charge in [0.2, 0.25) is 0 Å². The highest BCUT2D eigenvalue weighted by molar-refractivity contribution is 9.13. The molecule has 1 heterocycles. The highest BCUT2D eigenvalue weighted by atomic mass is 79.9. The molecule has 0 saturated carbocycles. The lowest BCUT2D eigenvalue weighted by molar-refractivity contribution is 1.43. The van der Waals surface area contributed by atoms with Crippen LogP contribution in [0, 0.1) is 0 Å². The third-order valence-corrected chi connectivity index (χ3v) is 5.58. The Morgan fingerprint density at radius 1 is 1.31 bits per heavy atom. The summed E-state index contributed by atoms with van der Waals surface area (Å²) in [5, 5.41) is 1.23. The molecule has 0 aliphatic carbocycles. The maximum absolute atomic E-state index is 5.76. The van der Waals surface area contributed by atoms with Crippen LogP contribution in [0.15, 0.2) is 26.5 Å². The van der Waals surface area contributed by atoms with E-state index in [1.165, 1.54) is 10.1 Å². The van der Waals surface area contributed by atoms with Crippen molar-refractivity contribution in [2.24, 2.45) is 0 Å². The van der Waals surface area contributed by atoms with E-state index in [0.717, 1.165) is 13.8 Å². The lowest BCUT2D eigenvalue weighted by Crippen LogP contribution is -1.75. The van der Waals surface area contributed by atoms with Gasteiger partial charge < -0.3 is 0 Å². The molecule has 0 nitrogen and oxygen atoms in total. The molecule has 0 radical (unpaired) electrons. The van der Waals surface area contributed by atoms with Crippen molar-refractivity contribution in [3.05, 3.63) is 32.0 Å². The van der Waals surface area contributed by atoms with Crippen LogP contribution in [0.25, 0.3) is 10.1 Å². The van der Waals surface area contributed by atoms with E-state index >= 15 is 0 Å². The highest BCUT2D eigenvalue weighted by Gasteiger charge is 2.07. The van der Waals surface area contributed by atoms with Crippen LogP contribution >= 0.6 is 54.8 Å². The minimum absolute atomic E-state index is 0.565. The summed E-state index contributed by atoms with van der Waals surface area (Å²) in [4.78, 5) is 0. The van der Waals surface area contributed by atoms with Gasteiger partial charge >= 0.3 is 0 Å².